The highest BCUT2D eigenvalue weighted by molar-refractivity contribution is 7.10. The van der Waals surface area contributed by atoms with Gasteiger partial charge in [0, 0.05) is 33.5 Å². The third kappa shape index (κ3) is 4.33. The number of hydrogen-bond acceptors (Lipinski definition) is 8. The number of aromatic nitrogens is 4. The Labute approximate surface area is 184 Å². The molecule has 3 heterocycles. The van der Waals surface area contributed by atoms with Gasteiger partial charge in [-0.25, -0.2) is 9.97 Å². The third-order valence-electron chi connectivity index (χ3n) is 4.98. The van der Waals surface area contributed by atoms with Crippen LogP contribution in [0.4, 0.5) is 5.82 Å². The first-order valence-electron chi connectivity index (χ1n) is 9.92. The Hall–Kier alpha value is -3.17. The molecular formula is C22H25N5O3S. The van der Waals surface area contributed by atoms with Gasteiger partial charge >= 0.3 is 0 Å². The van der Waals surface area contributed by atoms with Crippen molar-refractivity contribution < 1.29 is 14.6 Å². The lowest BCUT2D eigenvalue weighted by molar-refractivity contribution is 0.269. The molecule has 2 N–H and O–H groups in total. The number of ether oxygens (including phenoxy) is 2. The Bertz CT molecular complexity index is 1200. The fourth-order valence-electron chi connectivity index (χ4n) is 3.41. The summed E-state index contributed by atoms with van der Waals surface area (Å²) in [6, 6.07) is 7.89. The van der Waals surface area contributed by atoms with E-state index in [1.54, 1.807) is 30.2 Å². The molecule has 0 aliphatic rings. The van der Waals surface area contributed by atoms with Gasteiger partial charge in [0.15, 0.2) is 11.5 Å². The van der Waals surface area contributed by atoms with Crippen LogP contribution < -0.4 is 14.8 Å². The van der Waals surface area contributed by atoms with E-state index in [0.29, 0.717) is 23.9 Å². The van der Waals surface area contributed by atoms with Crippen LogP contribution in [-0.4, -0.2) is 45.7 Å². The highest BCUT2D eigenvalue weighted by Crippen LogP contribution is 2.36. The molecule has 0 bridgehead atoms. The average Bonchev–Trinajstić information content (AvgIpc) is 3.42. The van der Waals surface area contributed by atoms with Crippen molar-refractivity contribution in [1.82, 2.24) is 19.7 Å². The lowest BCUT2D eigenvalue weighted by Gasteiger charge is -2.16. The van der Waals surface area contributed by atoms with Crippen LogP contribution in [-0.2, 0) is 6.54 Å². The predicted octanol–water partition coefficient (Wildman–Crippen LogP) is 4.05. The zero-order chi connectivity index (χ0) is 22.0. The van der Waals surface area contributed by atoms with Gasteiger partial charge in [0.05, 0.1) is 44.6 Å². The highest BCUT2D eigenvalue weighted by Gasteiger charge is 2.16. The maximum atomic E-state index is 9.08. The fraction of sp³-hybridized carbons (Fsp3) is 0.318. The largest absolute Gasteiger partial charge is 0.493 e. The number of benzene rings is 1. The van der Waals surface area contributed by atoms with Crippen molar-refractivity contribution in [3.8, 4) is 22.8 Å². The van der Waals surface area contributed by atoms with E-state index in [1.807, 2.05) is 31.3 Å². The molecule has 0 amide bonds. The lowest BCUT2D eigenvalue weighted by atomic mass is 10.1. The van der Waals surface area contributed by atoms with Crippen molar-refractivity contribution in [3.63, 3.8) is 0 Å². The molecule has 0 aliphatic heterocycles. The zero-order valence-corrected chi connectivity index (χ0v) is 18.7. The normalized spacial score (nSPS) is 12.2. The summed E-state index contributed by atoms with van der Waals surface area (Å²) in [7, 11) is 3.23. The molecule has 0 radical (unpaired) electrons. The van der Waals surface area contributed by atoms with Gasteiger partial charge in [-0.05, 0) is 32.0 Å². The minimum atomic E-state index is 0.0314. The van der Waals surface area contributed by atoms with E-state index >= 15 is 0 Å². The number of anilines is 1. The van der Waals surface area contributed by atoms with E-state index in [0.717, 1.165) is 32.9 Å². The van der Waals surface area contributed by atoms with Crippen molar-refractivity contribution in [2.45, 2.75) is 26.4 Å². The molecule has 1 unspecified atom stereocenters. The number of aliphatic hydroxyl groups excluding tert-OH is 1. The topological polar surface area (TPSA) is 94.3 Å². The first-order chi connectivity index (χ1) is 15.0. The SMILES string of the molecule is COc1cc2nc(C)nc(NC(C)c3cc(-c4ccn(CCO)n4)cs3)c2cc1OC. The number of nitrogens with one attached hydrogen (secondary N) is 1. The Morgan fingerprint density at radius 3 is 2.68 bits per heavy atom. The van der Waals surface area contributed by atoms with Crippen LogP contribution in [0, 0.1) is 6.92 Å². The summed E-state index contributed by atoms with van der Waals surface area (Å²) < 4.78 is 12.6. The Morgan fingerprint density at radius 1 is 1.16 bits per heavy atom. The Morgan fingerprint density at radius 2 is 1.94 bits per heavy atom. The zero-order valence-electron chi connectivity index (χ0n) is 17.9. The lowest BCUT2D eigenvalue weighted by Crippen LogP contribution is -2.08. The van der Waals surface area contributed by atoms with E-state index < -0.39 is 0 Å². The number of rotatable bonds is 8. The molecule has 1 aromatic carbocycles. The van der Waals surface area contributed by atoms with Crippen LogP contribution in [0.25, 0.3) is 22.2 Å². The molecule has 0 saturated heterocycles. The van der Waals surface area contributed by atoms with Gasteiger partial charge in [-0.2, -0.15) is 5.10 Å². The monoisotopic (exact) mass is 439 g/mol. The summed E-state index contributed by atoms with van der Waals surface area (Å²) in [6.07, 6.45) is 1.88. The standard InChI is InChI=1S/C22H25N5O3S/c1-13(21-9-15(12-31-21)17-5-6-27(26-17)7-8-28)23-22-16-10-19(29-3)20(30-4)11-18(16)24-14(2)25-22/h5-6,9-13,28H,7-8H2,1-4H3,(H,23,24,25). The molecule has 4 rings (SSSR count). The van der Waals surface area contributed by atoms with Crippen molar-refractivity contribution in [2.75, 3.05) is 26.1 Å². The summed E-state index contributed by atoms with van der Waals surface area (Å²) in [4.78, 5) is 10.3. The summed E-state index contributed by atoms with van der Waals surface area (Å²) in [5.41, 5.74) is 2.74. The summed E-state index contributed by atoms with van der Waals surface area (Å²) in [6.45, 7) is 4.53. The number of aliphatic hydroxyl groups is 1. The first kappa shape index (κ1) is 21.1. The molecule has 3 aromatic heterocycles. The number of aryl methyl sites for hydroxylation is 1. The second kappa shape index (κ2) is 8.91. The molecule has 0 aliphatic carbocycles. The molecule has 31 heavy (non-hydrogen) atoms. The van der Waals surface area contributed by atoms with Crippen LogP contribution in [0.15, 0.2) is 35.8 Å². The molecule has 162 valence electrons. The van der Waals surface area contributed by atoms with Crippen molar-refractivity contribution in [1.29, 1.82) is 0 Å². The second-order valence-corrected chi connectivity index (χ2v) is 8.08. The molecule has 8 nitrogen and oxygen atoms in total. The Balaban J connectivity index is 1.62. The molecule has 0 saturated carbocycles. The van der Waals surface area contributed by atoms with Crippen LogP contribution in [0.1, 0.15) is 23.7 Å². The van der Waals surface area contributed by atoms with E-state index in [4.69, 9.17) is 14.6 Å². The third-order valence-corrected chi connectivity index (χ3v) is 6.09. The van der Waals surface area contributed by atoms with Crippen molar-refractivity contribution in [2.24, 2.45) is 0 Å². The van der Waals surface area contributed by atoms with E-state index in [2.05, 4.69) is 38.8 Å². The van der Waals surface area contributed by atoms with Crippen molar-refractivity contribution in [3.05, 3.63) is 46.5 Å². The van der Waals surface area contributed by atoms with Gasteiger partial charge < -0.3 is 19.9 Å². The molecule has 9 heteroatoms. The highest BCUT2D eigenvalue weighted by atomic mass is 32.1. The van der Waals surface area contributed by atoms with Crippen LogP contribution >= 0.6 is 11.3 Å². The summed E-state index contributed by atoms with van der Waals surface area (Å²) in [5.74, 6) is 2.69. The fourth-order valence-corrected chi connectivity index (χ4v) is 4.32. The van der Waals surface area contributed by atoms with E-state index in [1.165, 1.54) is 0 Å². The number of fused-ring (bicyclic) bond motifs is 1. The second-order valence-electron chi connectivity index (χ2n) is 7.14. The quantitative estimate of drug-likeness (QED) is 0.428. The van der Waals surface area contributed by atoms with Gasteiger partial charge in [-0.1, -0.05) is 0 Å². The minimum Gasteiger partial charge on any atom is -0.493 e. The van der Waals surface area contributed by atoms with Crippen LogP contribution in [0.3, 0.4) is 0 Å². The van der Waals surface area contributed by atoms with E-state index in [9.17, 15) is 0 Å². The summed E-state index contributed by atoms with van der Waals surface area (Å²) in [5, 5.41) is 20.1. The van der Waals surface area contributed by atoms with Gasteiger partial charge in [0.1, 0.15) is 11.6 Å². The number of hydrogen-bond donors (Lipinski definition) is 2. The summed E-state index contributed by atoms with van der Waals surface area (Å²) >= 11 is 1.67. The molecule has 0 spiro atoms. The van der Waals surface area contributed by atoms with E-state index in [-0.39, 0.29) is 12.6 Å². The molecule has 0 fully saturated rings. The molecule has 4 aromatic rings. The first-order valence-corrected chi connectivity index (χ1v) is 10.8. The number of nitrogens with zero attached hydrogens (tertiary/aromatic N) is 4. The van der Waals surface area contributed by atoms with Gasteiger partial charge in [0.25, 0.3) is 0 Å². The average molecular weight is 440 g/mol. The number of methoxy groups -OCH3 is 2. The van der Waals surface area contributed by atoms with Crippen LogP contribution in [0.5, 0.6) is 11.5 Å². The molecule has 1 atom stereocenters. The predicted molar refractivity (Wildman–Crippen MR) is 122 cm³/mol. The molecular weight excluding hydrogens is 414 g/mol. The Kier molecular flexibility index (Phi) is 6.06. The maximum absolute atomic E-state index is 9.08. The van der Waals surface area contributed by atoms with Crippen LogP contribution in [0.2, 0.25) is 0 Å². The number of thiophene rings is 1. The van der Waals surface area contributed by atoms with Crippen molar-refractivity contribution >= 4 is 28.1 Å². The smallest absolute Gasteiger partial charge is 0.162 e. The van der Waals surface area contributed by atoms with Gasteiger partial charge in [-0.15, -0.1) is 11.3 Å². The van der Waals surface area contributed by atoms with Gasteiger partial charge in [0.2, 0.25) is 0 Å². The maximum Gasteiger partial charge on any atom is 0.162 e. The van der Waals surface area contributed by atoms with Gasteiger partial charge in [-0.3, -0.25) is 4.68 Å². The minimum absolute atomic E-state index is 0.0314.